The number of hydrogen-bond donors (Lipinski definition) is 2. The number of nitro groups is 1. The van der Waals surface area contributed by atoms with Gasteiger partial charge >= 0.3 is 6.18 Å². The number of nitro benzene ring substituents is 1. The summed E-state index contributed by atoms with van der Waals surface area (Å²) in [6.45, 7) is 3.64. The zero-order valence-corrected chi connectivity index (χ0v) is 12.0. The largest absolute Gasteiger partial charge is 0.416 e. The molecule has 0 atom stereocenters. The minimum atomic E-state index is -4.65. The van der Waals surface area contributed by atoms with E-state index in [9.17, 15) is 28.1 Å². The monoisotopic (exact) mass is 319 g/mol. The molecule has 0 aliphatic carbocycles. The fourth-order valence-corrected chi connectivity index (χ4v) is 1.71. The molecule has 0 fully saturated rings. The second kappa shape index (κ2) is 7.10. The third kappa shape index (κ3) is 5.23. The van der Waals surface area contributed by atoms with Crippen molar-refractivity contribution in [2.45, 2.75) is 32.5 Å². The predicted molar refractivity (Wildman–Crippen MR) is 74.5 cm³/mol. The maximum Gasteiger partial charge on any atom is 0.416 e. The minimum Gasteiger partial charge on any atom is -0.379 e. The maximum atomic E-state index is 12.5. The third-order valence-electron chi connectivity index (χ3n) is 2.64. The van der Waals surface area contributed by atoms with Crippen molar-refractivity contribution in [3.8, 4) is 0 Å². The summed E-state index contributed by atoms with van der Waals surface area (Å²) < 4.78 is 37.6. The van der Waals surface area contributed by atoms with Crippen molar-refractivity contribution in [3.05, 3.63) is 33.9 Å². The molecule has 1 aromatic rings. The Balaban J connectivity index is 2.79. The van der Waals surface area contributed by atoms with Gasteiger partial charge in [-0.15, -0.1) is 0 Å². The van der Waals surface area contributed by atoms with E-state index < -0.39 is 22.4 Å². The van der Waals surface area contributed by atoms with Crippen molar-refractivity contribution < 1.29 is 22.9 Å². The van der Waals surface area contributed by atoms with Crippen LogP contribution in [0.1, 0.15) is 25.8 Å². The van der Waals surface area contributed by atoms with Gasteiger partial charge < -0.3 is 10.6 Å². The van der Waals surface area contributed by atoms with E-state index in [1.54, 1.807) is 13.8 Å². The normalized spacial score (nSPS) is 11.4. The van der Waals surface area contributed by atoms with Crippen LogP contribution >= 0.6 is 0 Å². The topological polar surface area (TPSA) is 84.3 Å². The molecule has 1 aromatic carbocycles. The molecular weight excluding hydrogens is 303 g/mol. The van der Waals surface area contributed by atoms with Crippen molar-refractivity contribution in [3.63, 3.8) is 0 Å². The Kier molecular flexibility index (Phi) is 5.72. The highest BCUT2D eigenvalue weighted by Crippen LogP contribution is 2.34. The van der Waals surface area contributed by atoms with Crippen molar-refractivity contribution in [1.82, 2.24) is 5.32 Å². The number of carbonyl (C=O) groups excluding carboxylic acids is 1. The quantitative estimate of drug-likeness (QED) is 0.624. The molecule has 0 aliphatic rings. The van der Waals surface area contributed by atoms with Gasteiger partial charge in [-0.05, 0) is 26.0 Å². The number of rotatable bonds is 6. The van der Waals surface area contributed by atoms with E-state index in [4.69, 9.17) is 0 Å². The zero-order chi connectivity index (χ0) is 16.9. The number of nitrogens with one attached hydrogen (secondary N) is 2. The maximum absolute atomic E-state index is 12.5. The van der Waals surface area contributed by atoms with Crippen LogP contribution < -0.4 is 10.6 Å². The average Bonchev–Trinajstić information content (AvgIpc) is 2.36. The highest BCUT2D eigenvalue weighted by Gasteiger charge is 2.32. The molecule has 1 rings (SSSR count). The molecule has 22 heavy (non-hydrogen) atoms. The van der Waals surface area contributed by atoms with E-state index in [0.29, 0.717) is 6.07 Å². The first-order valence-electron chi connectivity index (χ1n) is 6.50. The van der Waals surface area contributed by atoms with Crippen molar-refractivity contribution in [2.24, 2.45) is 0 Å². The molecule has 0 aromatic heterocycles. The fourth-order valence-electron chi connectivity index (χ4n) is 1.71. The molecule has 6 nitrogen and oxygen atoms in total. The Bertz CT molecular complexity index is 559. The Morgan fingerprint density at radius 1 is 1.36 bits per heavy atom. The summed E-state index contributed by atoms with van der Waals surface area (Å²) in [5.41, 5.74) is -1.84. The van der Waals surface area contributed by atoms with Gasteiger partial charge in [-0.2, -0.15) is 13.2 Å². The summed E-state index contributed by atoms with van der Waals surface area (Å²) in [7, 11) is 0. The molecule has 0 unspecified atom stereocenters. The summed E-state index contributed by atoms with van der Waals surface area (Å²) in [5, 5.41) is 16.1. The van der Waals surface area contributed by atoms with Crippen LogP contribution in [0.2, 0.25) is 0 Å². The lowest BCUT2D eigenvalue weighted by atomic mass is 10.1. The number of amides is 1. The lowest BCUT2D eigenvalue weighted by Crippen LogP contribution is -2.31. The fraction of sp³-hybridized carbons (Fsp3) is 0.462. The van der Waals surface area contributed by atoms with Crippen LogP contribution in [0.3, 0.4) is 0 Å². The van der Waals surface area contributed by atoms with Gasteiger partial charge in [-0.3, -0.25) is 14.9 Å². The smallest absolute Gasteiger partial charge is 0.379 e. The Morgan fingerprint density at radius 2 is 2.00 bits per heavy atom. The highest BCUT2D eigenvalue weighted by molar-refractivity contribution is 5.77. The van der Waals surface area contributed by atoms with E-state index in [2.05, 4.69) is 10.6 Å². The number of alkyl halides is 3. The molecule has 0 bridgehead atoms. The number of hydrogen-bond acceptors (Lipinski definition) is 4. The molecule has 1 amide bonds. The number of halogens is 3. The Hall–Kier alpha value is -2.32. The lowest BCUT2D eigenvalue weighted by molar-refractivity contribution is -0.384. The Morgan fingerprint density at radius 3 is 2.50 bits per heavy atom. The summed E-state index contributed by atoms with van der Waals surface area (Å²) in [6, 6.07) is 2.18. The summed E-state index contributed by atoms with van der Waals surface area (Å²) in [4.78, 5) is 21.4. The van der Waals surface area contributed by atoms with Gasteiger partial charge in [0, 0.05) is 25.1 Å². The second-order valence-corrected chi connectivity index (χ2v) is 4.89. The standard InChI is InChI=1S/C13H16F3N3O3/c1-8(2)18-12(20)5-6-17-10-4-3-9(13(14,15)16)7-11(10)19(21)22/h3-4,7-8,17H,5-6H2,1-2H3,(H,18,20). The minimum absolute atomic E-state index is 0.0343. The van der Waals surface area contributed by atoms with Crippen LogP contribution in [0.4, 0.5) is 24.5 Å². The van der Waals surface area contributed by atoms with Crippen LogP contribution in [0.25, 0.3) is 0 Å². The van der Waals surface area contributed by atoms with E-state index in [1.165, 1.54) is 0 Å². The van der Waals surface area contributed by atoms with Crippen LogP contribution in [0.5, 0.6) is 0 Å². The molecule has 0 saturated heterocycles. The van der Waals surface area contributed by atoms with Gasteiger partial charge in [0.1, 0.15) is 5.69 Å². The predicted octanol–water partition coefficient (Wildman–Crippen LogP) is 2.94. The number of benzene rings is 1. The van der Waals surface area contributed by atoms with E-state index in [-0.39, 0.29) is 30.6 Å². The van der Waals surface area contributed by atoms with Gasteiger partial charge in [-0.25, -0.2) is 0 Å². The summed E-state index contributed by atoms with van der Waals surface area (Å²) in [6.07, 6.45) is -4.60. The lowest BCUT2D eigenvalue weighted by Gasteiger charge is -2.11. The molecule has 122 valence electrons. The first kappa shape index (κ1) is 17.7. The number of carbonyl (C=O) groups is 1. The molecule has 0 aliphatic heterocycles. The Labute approximate surface area is 124 Å². The third-order valence-corrected chi connectivity index (χ3v) is 2.64. The molecule has 0 radical (unpaired) electrons. The molecule has 0 spiro atoms. The van der Waals surface area contributed by atoms with Gasteiger partial charge in [-0.1, -0.05) is 0 Å². The van der Waals surface area contributed by atoms with Crippen LogP contribution in [-0.4, -0.2) is 23.4 Å². The average molecular weight is 319 g/mol. The van der Waals surface area contributed by atoms with Crippen molar-refractivity contribution >= 4 is 17.3 Å². The van der Waals surface area contributed by atoms with E-state index >= 15 is 0 Å². The first-order valence-corrected chi connectivity index (χ1v) is 6.50. The van der Waals surface area contributed by atoms with Gasteiger partial charge in [0.05, 0.1) is 10.5 Å². The van der Waals surface area contributed by atoms with Crippen LogP contribution in [0, 0.1) is 10.1 Å². The van der Waals surface area contributed by atoms with Gasteiger partial charge in [0.15, 0.2) is 0 Å². The SMILES string of the molecule is CC(C)NC(=O)CCNc1ccc(C(F)(F)F)cc1[N+](=O)[O-]. The second-order valence-electron chi connectivity index (χ2n) is 4.89. The molecule has 9 heteroatoms. The molecule has 0 saturated carbocycles. The van der Waals surface area contributed by atoms with Crippen LogP contribution in [0.15, 0.2) is 18.2 Å². The van der Waals surface area contributed by atoms with E-state index in [1.807, 2.05) is 0 Å². The molecular formula is C13H16F3N3O3. The molecule has 2 N–H and O–H groups in total. The summed E-state index contributed by atoms with van der Waals surface area (Å²) >= 11 is 0. The van der Waals surface area contributed by atoms with E-state index in [0.717, 1.165) is 12.1 Å². The van der Waals surface area contributed by atoms with Crippen molar-refractivity contribution in [2.75, 3.05) is 11.9 Å². The summed E-state index contributed by atoms with van der Waals surface area (Å²) in [5.74, 6) is -0.253. The number of anilines is 1. The molecule has 0 heterocycles. The zero-order valence-electron chi connectivity index (χ0n) is 12.0. The highest BCUT2D eigenvalue weighted by atomic mass is 19.4. The van der Waals surface area contributed by atoms with Crippen LogP contribution in [-0.2, 0) is 11.0 Å². The number of nitrogens with zero attached hydrogens (tertiary/aromatic N) is 1. The van der Waals surface area contributed by atoms with Crippen molar-refractivity contribution in [1.29, 1.82) is 0 Å². The first-order chi connectivity index (χ1) is 10.1. The van der Waals surface area contributed by atoms with Gasteiger partial charge in [0.25, 0.3) is 5.69 Å². The van der Waals surface area contributed by atoms with Gasteiger partial charge in [0.2, 0.25) is 5.91 Å².